The van der Waals surface area contributed by atoms with Crippen molar-refractivity contribution < 1.29 is 14.1 Å². The van der Waals surface area contributed by atoms with Crippen LogP contribution in [0.4, 0.5) is 21.5 Å². The molecule has 0 aromatic heterocycles. The number of nitro groups is 1. The lowest BCUT2D eigenvalue weighted by molar-refractivity contribution is -0.385. The molecule has 2 rings (SSSR count). The average Bonchev–Trinajstić information content (AvgIpc) is 2.45. The van der Waals surface area contributed by atoms with Crippen molar-refractivity contribution >= 4 is 22.8 Å². The third-order valence-electron chi connectivity index (χ3n) is 3.14. The Balaban J connectivity index is 2.47. The summed E-state index contributed by atoms with van der Waals surface area (Å²) in [5, 5.41) is 11.1. The summed E-state index contributed by atoms with van der Waals surface area (Å²) in [6, 6.07) is 10.2. The van der Waals surface area contributed by atoms with E-state index in [-0.39, 0.29) is 17.0 Å². The number of ketones is 1. The lowest BCUT2D eigenvalue weighted by atomic mass is 10.1. The summed E-state index contributed by atoms with van der Waals surface area (Å²) in [5.41, 5.74) is 0.844. The molecule has 0 amide bonds. The summed E-state index contributed by atoms with van der Waals surface area (Å²) in [7, 11) is 1.67. The summed E-state index contributed by atoms with van der Waals surface area (Å²) in [6.45, 7) is 1.28. The SMILES string of the molecule is CC(=O)c1ccc(N(C)c2cccc(F)c2)cc1[N+](=O)[O-]. The third kappa shape index (κ3) is 3.05. The molecule has 0 saturated heterocycles. The number of benzene rings is 2. The molecule has 6 heteroatoms. The quantitative estimate of drug-likeness (QED) is 0.489. The fourth-order valence-corrected chi connectivity index (χ4v) is 2.01. The van der Waals surface area contributed by atoms with Gasteiger partial charge < -0.3 is 4.90 Å². The number of halogens is 1. The predicted octanol–water partition coefficient (Wildman–Crippen LogP) is 3.70. The van der Waals surface area contributed by atoms with Gasteiger partial charge in [0.2, 0.25) is 0 Å². The highest BCUT2D eigenvalue weighted by atomic mass is 19.1. The monoisotopic (exact) mass is 288 g/mol. The maximum Gasteiger partial charge on any atom is 0.282 e. The molecule has 0 fully saturated rings. The van der Waals surface area contributed by atoms with Gasteiger partial charge in [-0.15, -0.1) is 0 Å². The van der Waals surface area contributed by atoms with Crippen LogP contribution in [0.3, 0.4) is 0 Å². The molecule has 0 bridgehead atoms. The van der Waals surface area contributed by atoms with Gasteiger partial charge in [-0.3, -0.25) is 14.9 Å². The van der Waals surface area contributed by atoms with Crippen LogP contribution in [0.15, 0.2) is 42.5 Å². The highest BCUT2D eigenvalue weighted by Gasteiger charge is 2.19. The average molecular weight is 288 g/mol. The van der Waals surface area contributed by atoms with Crippen molar-refractivity contribution in [3.05, 3.63) is 64.0 Å². The van der Waals surface area contributed by atoms with Gasteiger partial charge >= 0.3 is 0 Å². The Labute approximate surface area is 120 Å². The number of carbonyl (C=O) groups is 1. The van der Waals surface area contributed by atoms with E-state index in [1.807, 2.05) is 0 Å². The second-order valence-electron chi connectivity index (χ2n) is 4.55. The van der Waals surface area contributed by atoms with Crippen LogP contribution in [0.5, 0.6) is 0 Å². The van der Waals surface area contributed by atoms with E-state index in [9.17, 15) is 19.3 Å². The fraction of sp³-hybridized carbons (Fsp3) is 0.133. The minimum Gasteiger partial charge on any atom is -0.344 e. The van der Waals surface area contributed by atoms with Crippen LogP contribution in [0.1, 0.15) is 17.3 Å². The van der Waals surface area contributed by atoms with Gasteiger partial charge in [0.25, 0.3) is 5.69 Å². The molecule has 108 valence electrons. The fourth-order valence-electron chi connectivity index (χ4n) is 2.01. The molecule has 0 atom stereocenters. The molecule has 0 radical (unpaired) electrons. The number of rotatable bonds is 4. The first-order valence-electron chi connectivity index (χ1n) is 6.19. The molecule has 2 aromatic rings. The molecule has 0 heterocycles. The van der Waals surface area contributed by atoms with Crippen molar-refractivity contribution in [1.29, 1.82) is 0 Å². The van der Waals surface area contributed by atoms with Crippen LogP contribution in [0.2, 0.25) is 0 Å². The summed E-state index contributed by atoms with van der Waals surface area (Å²) in [5.74, 6) is -0.768. The second-order valence-corrected chi connectivity index (χ2v) is 4.55. The topological polar surface area (TPSA) is 63.5 Å². The molecule has 0 spiro atoms. The first-order chi connectivity index (χ1) is 9.90. The molecule has 0 aliphatic rings. The van der Waals surface area contributed by atoms with Crippen LogP contribution in [-0.4, -0.2) is 17.8 Å². The molecule has 21 heavy (non-hydrogen) atoms. The van der Waals surface area contributed by atoms with Crippen molar-refractivity contribution in [3.63, 3.8) is 0 Å². The smallest absolute Gasteiger partial charge is 0.282 e. The van der Waals surface area contributed by atoms with E-state index in [1.165, 1.54) is 31.2 Å². The standard InChI is InChI=1S/C15H13FN2O3/c1-10(19)14-7-6-13(9-15(14)18(20)21)17(2)12-5-3-4-11(16)8-12/h3-9H,1-2H3. The van der Waals surface area contributed by atoms with E-state index in [1.54, 1.807) is 30.1 Å². The minimum absolute atomic E-state index is 0.0522. The summed E-state index contributed by atoms with van der Waals surface area (Å²) in [4.78, 5) is 23.5. The highest BCUT2D eigenvalue weighted by Crippen LogP contribution is 2.29. The zero-order valence-corrected chi connectivity index (χ0v) is 11.5. The number of Topliss-reactive ketones (excluding diaryl/α,β-unsaturated/α-hetero) is 1. The van der Waals surface area contributed by atoms with Gasteiger partial charge in [-0.1, -0.05) is 6.07 Å². The van der Waals surface area contributed by atoms with Gasteiger partial charge in [0.05, 0.1) is 10.5 Å². The van der Waals surface area contributed by atoms with Crippen molar-refractivity contribution in [2.75, 3.05) is 11.9 Å². The van der Waals surface area contributed by atoms with Gasteiger partial charge in [0, 0.05) is 24.5 Å². The van der Waals surface area contributed by atoms with E-state index >= 15 is 0 Å². The summed E-state index contributed by atoms with van der Waals surface area (Å²) >= 11 is 0. The van der Waals surface area contributed by atoms with Crippen molar-refractivity contribution in [3.8, 4) is 0 Å². The molecule has 0 aliphatic heterocycles. The maximum absolute atomic E-state index is 13.2. The molecule has 0 saturated carbocycles. The Bertz CT molecular complexity index is 716. The van der Waals surface area contributed by atoms with Crippen LogP contribution >= 0.6 is 0 Å². The Kier molecular flexibility index (Phi) is 3.98. The Morgan fingerprint density at radius 2 is 1.86 bits per heavy atom. The van der Waals surface area contributed by atoms with Gasteiger partial charge in [0.1, 0.15) is 5.82 Å². The Morgan fingerprint density at radius 1 is 1.19 bits per heavy atom. The first kappa shape index (κ1) is 14.6. The van der Waals surface area contributed by atoms with E-state index in [4.69, 9.17) is 0 Å². The largest absolute Gasteiger partial charge is 0.344 e. The van der Waals surface area contributed by atoms with E-state index in [0.717, 1.165) is 0 Å². The zero-order valence-electron chi connectivity index (χ0n) is 11.5. The molecule has 2 aromatic carbocycles. The van der Waals surface area contributed by atoms with Crippen LogP contribution < -0.4 is 4.90 Å². The summed E-state index contributed by atoms with van der Waals surface area (Å²) in [6.07, 6.45) is 0. The number of anilines is 2. The van der Waals surface area contributed by atoms with E-state index in [0.29, 0.717) is 11.4 Å². The maximum atomic E-state index is 13.2. The molecular formula is C15H13FN2O3. The number of carbonyl (C=O) groups excluding carboxylic acids is 1. The number of hydrogen-bond acceptors (Lipinski definition) is 4. The Morgan fingerprint density at radius 3 is 2.43 bits per heavy atom. The number of hydrogen-bond donors (Lipinski definition) is 0. The predicted molar refractivity (Wildman–Crippen MR) is 77.6 cm³/mol. The normalized spacial score (nSPS) is 10.2. The molecular weight excluding hydrogens is 275 g/mol. The van der Waals surface area contributed by atoms with Crippen molar-refractivity contribution in [2.45, 2.75) is 6.92 Å². The van der Waals surface area contributed by atoms with E-state index < -0.39 is 10.7 Å². The molecule has 0 aliphatic carbocycles. The highest BCUT2D eigenvalue weighted by molar-refractivity contribution is 5.98. The minimum atomic E-state index is -0.598. The molecule has 0 unspecified atom stereocenters. The second kappa shape index (κ2) is 5.70. The number of nitro benzene ring substituents is 1. The van der Waals surface area contributed by atoms with Crippen molar-refractivity contribution in [2.24, 2.45) is 0 Å². The Hall–Kier alpha value is -2.76. The van der Waals surface area contributed by atoms with Gasteiger partial charge in [0.15, 0.2) is 5.78 Å². The zero-order chi connectivity index (χ0) is 15.6. The molecule has 5 nitrogen and oxygen atoms in total. The summed E-state index contributed by atoms with van der Waals surface area (Å²) < 4.78 is 13.2. The van der Waals surface area contributed by atoms with Gasteiger partial charge in [-0.05, 0) is 37.3 Å². The van der Waals surface area contributed by atoms with Gasteiger partial charge in [-0.2, -0.15) is 0 Å². The number of nitrogens with zero attached hydrogens (tertiary/aromatic N) is 2. The van der Waals surface area contributed by atoms with Crippen molar-refractivity contribution in [1.82, 2.24) is 0 Å². The first-order valence-corrected chi connectivity index (χ1v) is 6.19. The van der Waals surface area contributed by atoms with Crippen LogP contribution in [0.25, 0.3) is 0 Å². The van der Waals surface area contributed by atoms with E-state index in [2.05, 4.69) is 0 Å². The lowest BCUT2D eigenvalue weighted by Crippen LogP contribution is -2.11. The van der Waals surface area contributed by atoms with Crippen LogP contribution in [0, 0.1) is 15.9 Å². The van der Waals surface area contributed by atoms with Crippen LogP contribution in [-0.2, 0) is 0 Å². The third-order valence-corrected chi connectivity index (χ3v) is 3.14. The van der Waals surface area contributed by atoms with Gasteiger partial charge in [-0.25, -0.2) is 4.39 Å². The molecule has 0 N–H and O–H groups in total. The lowest BCUT2D eigenvalue weighted by Gasteiger charge is -2.19.